The van der Waals surface area contributed by atoms with E-state index in [0.29, 0.717) is 0 Å². The van der Waals surface area contributed by atoms with Crippen molar-refractivity contribution < 1.29 is 0 Å². The Morgan fingerprint density at radius 1 is 1.14 bits per heavy atom. The molecular formula is C12H24N2. The van der Waals surface area contributed by atoms with Crippen LogP contribution in [0.15, 0.2) is 0 Å². The zero-order valence-electron chi connectivity index (χ0n) is 9.47. The van der Waals surface area contributed by atoms with E-state index in [-0.39, 0.29) is 0 Å². The number of piperidine rings is 1. The largest absolute Gasteiger partial charge is 0.315 e. The van der Waals surface area contributed by atoms with Gasteiger partial charge in [0.1, 0.15) is 0 Å². The van der Waals surface area contributed by atoms with E-state index >= 15 is 0 Å². The van der Waals surface area contributed by atoms with Gasteiger partial charge in [-0.1, -0.05) is 13.3 Å². The van der Waals surface area contributed by atoms with Crippen LogP contribution in [-0.2, 0) is 0 Å². The van der Waals surface area contributed by atoms with Gasteiger partial charge in [0, 0.05) is 18.6 Å². The highest BCUT2D eigenvalue weighted by Crippen LogP contribution is 2.28. The molecule has 1 atom stereocenters. The molecule has 1 aliphatic heterocycles. The monoisotopic (exact) mass is 196 g/mol. The first kappa shape index (κ1) is 10.4. The fourth-order valence-electron chi connectivity index (χ4n) is 2.76. The summed E-state index contributed by atoms with van der Waals surface area (Å²) in [6.45, 7) is 6.09. The van der Waals surface area contributed by atoms with Gasteiger partial charge in [-0.3, -0.25) is 4.90 Å². The molecular weight excluding hydrogens is 172 g/mol. The number of hydrogen-bond acceptors (Lipinski definition) is 2. The summed E-state index contributed by atoms with van der Waals surface area (Å²) >= 11 is 0. The number of hydrogen-bond donors (Lipinski definition) is 1. The molecule has 2 nitrogen and oxygen atoms in total. The first-order valence-electron chi connectivity index (χ1n) is 6.38. The molecule has 2 heteroatoms. The Labute approximate surface area is 88.1 Å². The third-order valence-electron chi connectivity index (χ3n) is 3.77. The topological polar surface area (TPSA) is 15.3 Å². The zero-order chi connectivity index (χ0) is 9.80. The molecule has 2 rings (SSSR count). The quantitative estimate of drug-likeness (QED) is 0.740. The van der Waals surface area contributed by atoms with Crippen LogP contribution in [0.5, 0.6) is 0 Å². The van der Waals surface area contributed by atoms with Gasteiger partial charge in [-0.15, -0.1) is 0 Å². The van der Waals surface area contributed by atoms with Crippen molar-refractivity contribution in [1.29, 1.82) is 0 Å². The van der Waals surface area contributed by atoms with Gasteiger partial charge < -0.3 is 5.32 Å². The predicted octanol–water partition coefficient (Wildman–Crippen LogP) is 2.00. The molecule has 1 saturated heterocycles. The van der Waals surface area contributed by atoms with E-state index in [1.165, 1.54) is 58.2 Å². The van der Waals surface area contributed by atoms with E-state index in [9.17, 15) is 0 Å². The van der Waals surface area contributed by atoms with Crippen LogP contribution in [-0.4, -0.2) is 36.6 Å². The Morgan fingerprint density at radius 2 is 1.93 bits per heavy atom. The lowest BCUT2D eigenvalue weighted by Crippen LogP contribution is -2.52. The lowest BCUT2D eigenvalue weighted by Gasteiger charge is -2.44. The fourth-order valence-corrected chi connectivity index (χ4v) is 2.76. The Balaban J connectivity index is 1.86. The standard InChI is InChI=1S/C12H24N2/c1-2-9-14(11-5-3-6-11)12-7-4-8-13-10-12/h11-13H,2-10H2,1H3. The van der Waals surface area contributed by atoms with Crippen molar-refractivity contribution in [3.63, 3.8) is 0 Å². The van der Waals surface area contributed by atoms with Gasteiger partial charge in [0.25, 0.3) is 0 Å². The first-order chi connectivity index (χ1) is 6.92. The lowest BCUT2D eigenvalue weighted by atomic mass is 9.89. The maximum atomic E-state index is 3.54. The van der Waals surface area contributed by atoms with Gasteiger partial charge in [0.05, 0.1) is 0 Å². The van der Waals surface area contributed by atoms with Gasteiger partial charge >= 0.3 is 0 Å². The molecule has 1 heterocycles. The van der Waals surface area contributed by atoms with Crippen molar-refractivity contribution in [2.24, 2.45) is 0 Å². The van der Waals surface area contributed by atoms with Crippen LogP contribution in [0.2, 0.25) is 0 Å². The van der Waals surface area contributed by atoms with Crippen molar-refractivity contribution in [2.75, 3.05) is 19.6 Å². The molecule has 2 aliphatic rings. The van der Waals surface area contributed by atoms with Crippen molar-refractivity contribution >= 4 is 0 Å². The van der Waals surface area contributed by atoms with Gasteiger partial charge in [-0.2, -0.15) is 0 Å². The Kier molecular flexibility index (Phi) is 3.82. The van der Waals surface area contributed by atoms with Crippen molar-refractivity contribution in [2.45, 2.75) is 57.5 Å². The van der Waals surface area contributed by atoms with Crippen LogP contribution < -0.4 is 5.32 Å². The Hall–Kier alpha value is -0.0800. The molecule has 14 heavy (non-hydrogen) atoms. The van der Waals surface area contributed by atoms with Gasteiger partial charge in [-0.25, -0.2) is 0 Å². The second-order valence-electron chi connectivity index (χ2n) is 4.82. The van der Waals surface area contributed by atoms with E-state index in [1.54, 1.807) is 0 Å². The van der Waals surface area contributed by atoms with Crippen LogP contribution in [0.1, 0.15) is 45.4 Å². The average Bonchev–Trinajstić information content (AvgIpc) is 2.16. The van der Waals surface area contributed by atoms with E-state index in [2.05, 4.69) is 17.1 Å². The van der Waals surface area contributed by atoms with E-state index in [0.717, 1.165) is 12.1 Å². The van der Waals surface area contributed by atoms with Crippen LogP contribution in [0.4, 0.5) is 0 Å². The number of rotatable bonds is 4. The smallest absolute Gasteiger partial charge is 0.0224 e. The van der Waals surface area contributed by atoms with Crippen LogP contribution >= 0.6 is 0 Å². The first-order valence-corrected chi connectivity index (χ1v) is 6.38. The highest BCUT2D eigenvalue weighted by Gasteiger charge is 2.30. The molecule has 0 spiro atoms. The molecule has 1 saturated carbocycles. The molecule has 0 aromatic carbocycles. The van der Waals surface area contributed by atoms with Crippen molar-refractivity contribution in [3.05, 3.63) is 0 Å². The average molecular weight is 196 g/mol. The SMILES string of the molecule is CCCN(C1CCC1)C1CCCNC1. The summed E-state index contributed by atoms with van der Waals surface area (Å²) < 4.78 is 0. The summed E-state index contributed by atoms with van der Waals surface area (Å²) in [5.74, 6) is 0. The lowest BCUT2D eigenvalue weighted by molar-refractivity contribution is 0.0661. The summed E-state index contributed by atoms with van der Waals surface area (Å²) in [6, 6.07) is 1.77. The minimum absolute atomic E-state index is 0.842. The van der Waals surface area contributed by atoms with E-state index < -0.39 is 0 Å². The Morgan fingerprint density at radius 3 is 2.43 bits per heavy atom. The molecule has 1 aliphatic carbocycles. The summed E-state index contributed by atoms with van der Waals surface area (Å²) in [5, 5.41) is 3.54. The molecule has 0 amide bonds. The minimum Gasteiger partial charge on any atom is -0.315 e. The second kappa shape index (κ2) is 5.13. The van der Waals surface area contributed by atoms with Crippen molar-refractivity contribution in [3.8, 4) is 0 Å². The summed E-state index contributed by atoms with van der Waals surface area (Å²) in [7, 11) is 0. The van der Waals surface area contributed by atoms with Gasteiger partial charge in [-0.05, 0) is 45.2 Å². The number of nitrogens with one attached hydrogen (secondary N) is 1. The maximum Gasteiger partial charge on any atom is 0.0224 e. The highest BCUT2D eigenvalue weighted by atomic mass is 15.2. The predicted molar refractivity (Wildman–Crippen MR) is 60.5 cm³/mol. The zero-order valence-corrected chi connectivity index (χ0v) is 9.47. The maximum absolute atomic E-state index is 3.54. The van der Waals surface area contributed by atoms with E-state index in [1.807, 2.05) is 0 Å². The number of nitrogens with zero attached hydrogens (tertiary/aromatic N) is 1. The molecule has 0 radical (unpaired) electrons. The van der Waals surface area contributed by atoms with Gasteiger partial charge in [0.15, 0.2) is 0 Å². The molecule has 0 bridgehead atoms. The summed E-state index contributed by atoms with van der Waals surface area (Å²) in [4.78, 5) is 2.79. The third-order valence-corrected chi connectivity index (χ3v) is 3.77. The Bertz CT molecular complexity index is 160. The third kappa shape index (κ3) is 2.29. The molecule has 1 unspecified atom stereocenters. The van der Waals surface area contributed by atoms with Crippen molar-refractivity contribution in [1.82, 2.24) is 10.2 Å². The van der Waals surface area contributed by atoms with Crippen LogP contribution in [0.3, 0.4) is 0 Å². The van der Waals surface area contributed by atoms with E-state index in [4.69, 9.17) is 0 Å². The molecule has 1 N–H and O–H groups in total. The normalized spacial score (nSPS) is 29.1. The highest BCUT2D eigenvalue weighted by molar-refractivity contribution is 4.87. The molecule has 82 valence electrons. The molecule has 0 aromatic heterocycles. The van der Waals surface area contributed by atoms with Gasteiger partial charge in [0.2, 0.25) is 0 Å². The molecule has 0 aromatic rings. The summed E-state index contributed by atoms with van der Waals surface area (Å²) in [5.41, 5.74) is 0. The second-order valence-corrected chi connectivity index (χ2v) is 4.82. The summed E-state index contributed by atoms with van der Waals surface area (Å²) in [6.07, 6.45) is 8.48. The molecule has 2 fully saturated rings. The fraction of sp³-hybridized carbons (Fsp3) is 1.00. The van der Waals surface area contributed by atoms with Crippen LogP contribution in [0.25, 0.3) is 0 Å². The minimum atomic E-state index is 0.842. The van der Waals surface area contributed by atoms with Crippen LogP contribution in [0, 0.1) is 0 Å².